The molecule has 46 heavy (non-hydrogen) atoms. The van der Waals surface area contributed by atoms with Crippen molar-refractivity contribution in [2.45, 2.75) is 40.2 Å². The predicted octanol–water partition coefficient (Wildman–Crippen LogP) is 5.14. The van der Waals surface area contributed by atoms with Gasteiger partial charge >= 0.3 is 6.09 Å². The van der Waals surface area contributed by atoms with E-state index in [-0.39, 0.29) is 48.1 Å². The fraction of sp³-hybridized carbons (Fsp3) is 0.344. The van der Waals surface area contributed by atoms with Gasteiger partial charge in [-0.05, 0) is 47.7 Å². The molecular weight excluding hydrogens is 600 g/mol. The Kier molecular flexibility index (Phi) is 10.7. The summed E-state index contributed by atoms with van der Waals surface area (Å²) < 4.78 is 46.9. The van der Waals surface area contributed by atoms with E-state index in [0.29, 0.717) is 29.1 Å². The third kappa shape index (κ3) is 7.86. The molecule has 1 unspecified atom stereocenters. The number of nitrogens with zero attached hydrogens (tertiary/aromatic N) is 4. The van der Waals surface area contributed by atoms with Crippen molar-refractivity contribution in [2.24, 2.45) is 11.1 Å². The summed E-state index contributed by atoms with van der Waals surface area (Å²) in [5.74, 6) is -2.62. The first-order valence-corrected chi connectivity index (χ1v) is 14.5. The molecule has 14 heteroatoms. The molecule has 2 amide bonds. The van der Waals surface area contributed by atoms with Crippen molar-refractivity contribution in [2.75, 3.05) is 31.7 Å². The molecular formula is C32H35F2N7O5. The Labute approximate surface area is 264 Å². The van der Waals surface area contributed by atoms with Crippen molar-refractivity contribution in [3.05, 3.63) is 71.7 Å². The number of benzene rings is 2. The van der Waals surface area contributed by atoms with Gasteiger partial charge in [0.1, 0.15) is 12.7 Å². The summed E-state index contributed by atoms with van der Waals surface area (Å²) in [6.45, 7) is 7.79. The number of aryl methyl sites for hydroxylation is 1. The number of primary amides is 1. The lowest BCUT2D eigenvalue weighted by atomic mass is 9.89. The van der Waals surface area contributed by atoms with Crippen LogP contribution in [0.4, 0.5) is 25.1 Å². The molecule has 2 aromatic carbocycles. The van der Waals surface area contributed by atoms with Crippen LogP contribution in [-0.2, 0) is 15.9 Å². The molecule has 0 spiro atoms. The molecule has 0 saturated carbocycles. The lowest BCUT2D eigenvalue weighted by molar-refractivity contribution is -0.0498. The molecule has 4 rings (SSSR count). The zero-order valence-electron chi connectivity index (χ0n) is 25.9. The van der Waals surface area contributed by atoms with Gasteiger partial charge in [0.15, 0.2) is 29.6 Å². The van der Waals surface area contributed by atoms with Gasteiger partial charge in [0, 0.05) is 35.8 Å². The number of amides is 2. The molecule has 1 atom stereocenters. The standard InChI is InChI=1S/C32H35F2N7O5/c1-5-19-16-20(6-7-21(19)30(42)38-12-15-45-25(32(2,3)4)18-46-31(36)43)40-28-29-39-17-23(41(29)13-11-37-28)22-8-9-24(44-14-10-35)27(34)26(22)33/h6-9,11,13,16-17,25H,5,12,14-15,18H2,1-4H3,(H2,36,43)(H,37,40)(H,38,42). The van der Waals surface area contributed by atoms with Crippen molar-refractivity contribution in [3.8, 4) is 23.1 Å². The minimum Gasteiger partial charge on any atom is -0.476 e. The van der Waals surface area contributed by atoms with E-state index >= 15 is 0 Å². The van der Waals surface area contributed by atoms with Crippen LogP contribution in [0, 0.1) is 28.4 Å². The van der Waals surface area contributed by atoms with E-state index in [1.165, 1.54) is 24.5 Å². The summed E-state index contributed by atoms with van der Waals surface area (Å²) in [5.41, 5.74) is 7.26. The van der Waals surface area contributed by atoms with Crippen molar-refractivity contribution in [3.63, 3.8) is 0 Å². The fourth-order valence-electron chi connectivity index (χ4n) is 4.65. The smallest absolute Gasteiger partial charge is 0.404 e. The molecule has 4 aromatic rings. The number of halogens is 2. The van der Waals surface area contributed by atoms with Gasteiger partial charge in [0.2, 0.25) is 5.82 Å². The third-order valence-corrected chi connectivity index (χ3v) is 7.09. The first-order valence-electron chi connectivity index (χ1n) is 14.5. The quantitative estimate of drug-likeness (QED) is 0.169. The first-order chi connectivity index (χ1) is 21.9. The zero-order chi connectivity index (χ0) is 33.4. The maximum Gasteiger partial charge on any atom is 0.404 e. The number of aromatic nitrogens is 3. The van der Waals surface area contributed by atoms with Gasteiger partial charge in [-0.25, -0.2) is 19.2 Å². The average molecular weight is 636 g/mol. The number of ether oxygens (including phenoxy) is 3. The monoisotopic (exact) mass is 635 g/mol. The van der Waals surface area contributed by atoms with Crippen molar-refractivity contribution >= 4 is 29.2 Å². The minimum atomic E-state index is -1.21. The van der Waals surface area contributed by atoms with Gasteiger partial charge in [0.05, 0.1) is 24.6 Å². The number of fused-ring (bicyclic) bond motifs is 1. The summed E-state index contributed by atoms with van der Waals surface area (Å²) in [5, 5.41) is 14.7. The molecule has 2 heterocycles. The van der Waals surface area contributed by atoms with Crippen LogP contribution in [0.25, 0.3) is 16.9 Å². The Balaban J connectivity index is 1.46. The maximum absolute atomic E-state index is 15.0. The van der Waals surface area contributed by atoms with Crippen LogP contribution < -0.4 is 21.1 Å². The van der Waals surface area contributed by atoms with Gasteiger partial charge in [-0.1, -0.05) is 27.7 Å². The molecule has 0 aliphatic heterocycles. The summed E-state index contributed by atoms with van der Waals surface area (Å²) in [6, 6.07) is 9.58. The highest BCUT2D eigenvalue weighted by Crippen LogP contribution is 2.32. The Morgan fingerprint density at radius 3 is 2.63 bits per heavy atom. The number of carbonyl (C=O) groups is 2. The van der Waals surface area contributed by atoms with E-state index in [1.54, 1.807) is 28.8 Å². The van der Waals surface area contributed by atoms with E-state index in [9.17, 15) is 18.4 Å². The lowest BCUT2D eigenvalue weighted by Gasteiger charge is -2.30. The maximum atomic E-state index is 15.0. The van der Waals surface area contributed by atoms with Gasteiger partial charge in [-0.2, -0.15) is 9.65 Å². The molecule has 0 aliphatic carbocycles. The van der Waals surface area contributed by atoms with Crippen LogP contribution in [0.3, 0.4) is 0 Å². The van der Waals surface area contributed by atoms with Gasteiger partial charge in [0.25, 0.3) is 5.91 Å². The molecule has 0 bridgehead atoms. The van der Waals surface area contributed by atoms with Gasteiger partial charge in [-0.3, -0.25) is 9.20 Å². The van der Waals surface area contributed by atoms with Crippen LogP contribution >= 0.6 is 0 Å². The summed E-state index contributed by atoms with van der Waals surface area (Å²) in [6.07, 6.45) is 3.75. The number of nitriles is 1. The second-order valence-electron chi connectivity index (χ2n) is 11.3. The number of nitrogens with one attached hydrogen (secondary N) is 2. The SMILES string of the molecule is CCc1cc(Nc2nccn3c(-c4ccc(OCC#N)c(F)c4F)cnc23)ccc1C(=O)NCCOC(COC(N)=O)C(C)(C)C. The molecule has 4 N–H and O–H groups in total. The highest BCUT2D eigenvalue weighted by atomic mass is 19.2. The number of hydrogen-bond acceptors (Lipinski definition) is 9. The van der Waals surface area contributed by atoms with Crippen LogP contribution in [0.5, 0.6) is 5.75 Å². The Hall–Kier alpha value is -5.29. The lowest BCUT2D eigenvalue weighted by Crippen LogP contribution is -2.38. The summed E-state index contributed by atoms with van der Waals surface area (Å²) in [4.78, 5) is 32.8. The number of rotatable bonds is 13. The molecule has 0 fully saturated rings. The Morgan fingerprint density at radius 1 is 1.15 bits per heavy atom. The Morgan fingerprint density at radius 2 is 1.93 bits per heavy atom. The van der Waals surface area contributed by atoms with Crippen molar-refractivity contribution in [1.29, 1.82) is 5.26 Å². The third-order valence-electron chi connectivity index (χ3n) is 7.09. The fourth-order valence-corrected chi connectivity index (χ4v) is 4.65. The number of carbonyl (C=O) groups excluding carboxylic acids is 2. The van der Waals surface area contributed by atoms with E-state index in [1.807, 2.05) is 33.8 Å². The molecule has 12 nitrogen and oxygen atoms in total. The van der Waals surface area contributed by atoms with Crippen LogP contribution in [0.1, 0.15) is 43.6 Å². The highest BCUT2D eigenvalue weighted by molar-refractivity contribution is 5.96. The number of hydrogen-bond donors (Lipinski definition) is 3. The van der Waals surface area contributed by atoms with Crippen LogP contribution in [0.2, 0.25) is 0 Å². The van der Waals surface area contributed by atoms with Crippen molar-refractivity contribution in [1.82, 2.24) is 19.7 Å². The van der Waals surface area contributed by atoms with Crippen molar-refractivity contribution < 1.29 is 32.6 Å². The molecule has 2 aromatic heterocycles. The van der Waals surface area contributed by atoms with Gasteiger partial charge in [-0.15, -0.1) is 0 Å². The second kappa shape index (κ2) is 14.7. The Bertz CT molecular complexity index is 1760. The normalized spacial score (nSPS) is 11.9. The topological polar surface area (TPSA) is 166 Å². The molecule has 0 aliphatic rings. The van der Waals surface area contributed by atoms with Gasteiger partial charge < -0.3 is 30.6 Å². The summed E-state index contributed by atoms with van der Waals surface area (Å²) >= 11 is 0. The number of imidazole rings is 1. The highest BCUT2D eigenvalue weighted by Gasteiger charge is 2.27. The number of anilines is 2. The first kappa shape index (κ1) is 33.6. The molecule has 0 saturated heterocycles. The molecule has 242 valence electrons. The van der Waals surface area contributed by atoms with E-state index in [4.69, 9.17) is 25.2 Å². The second-order valence-corrected chi connectivity index (χ2v) is 11.3. The average Bonchev–Trinajstić information content (AvgIpc) is 3.45. The summed E-state index contributed by atoms with van der Waals surface area (Å²) in [7, 11) is 0. The zero-order valence-corrected chi connectivity index (χ0v) is 25.9. The van der Waals surface area contributed by atoms with E-state index in [0.717, 1.165) is 5.56 Å². The van der Waals surface area contributed by atoms with E-state index < -0.39 is 30.4 Å². The largest absolute Gasteiger partial charge is 0.476 e. The molecule has 0 radical (unpaired) electrons. The van der Waals surface area contributed by atoms with Crippen LogP contribution in [-0.4, -0.2) is 58.8 Å². The van der Waals surface area contributed by atoms with Crippen LogP contribution in [0.15, 0.2) is 48.9 Å². The minimum absolute atomic E-state index is 0.00600. The van der Waals surface area contributed by atoms with E-state index in [2.05, 4.69) is 20.6 Å². The predicted molar refractivity (Wildman–Crippen MR) is 166 cm³/mol. The number of nitrogens with two attached hydrogens (primary N) is 1.